The number of carbonyl (C=O) groups is 2. The summed E-state index contributed by atoms with van der Waals surface area (Å²) in [4.78, 5) is 27.0. The van der Waals surface area contributed by atoms with Gasteiger partial charge in [-0.15, -0.1) is 0 Å². The first kappa shape index (κ1) is 52.4. The van der Waals surface area contributed by atoms with E-state index in [1.807, 2.05) is 6.92 Å². The third-order valence-electron chi connectivity index (χ3n) is 19.4. The minimum atomic E-state index is -2.03. The SMILES string of the molecule is CC1(C)CC[C@]2(C(=O)O[C@@H]3O[C@H](CO)[C@@H](O)[C@H](O)[C@H]3O)CC[C@]3(C)C(=CC[C@@H]4[C@@]5(C)CC[C@H](O[C@@H]6O[C@H](C(=O)O)[C@@H](O)[C@H](O)[C@H]6O[C@@H]6O[C@H](CO)[C@@H](O)[C@H](O)[C@H]6O)[C@](C)(CO)C5CC[C@]43C)[C@@H]2C1. The summed E-state index contributed by atoms with van der Waals surface area (Å²) in [5.41, 5.74) is -1.87. The third kappa shape index (κ3) is 8.03. The van der Waals surface area contributed by atoms with Gasteiger partial charge in [-0.3, -0.25) is 4.79 Å². The van der Waals surface area contributed by atoms with Gasteiger partial charge in [0.15, 0.2) is 18.7 Å². The van der Waals surface area contributed by atoms with Crippen LogP contribution in [0.1, 0.15) is 106 Å². The zero-order valence-electron chi connectivity index (χ0n) is 39.9. The first-order valence-corrected chi connectivity index (χ1v) is 24.5. The van der Waals surface area contributed by atoms with Crippen molar-refractivity contribution < 1.29 is 99.3 Å². The van der Waals surface area contributed by atoms with E-state index >= 15 is 0 Å². The van der Waals surface area contributed by atoms with Gasteiger partial charge in [-0.2, -0.15) is 0 Å². The number of allylic oxidation sites excluding steroid dienone is 2. The molecule has 4 saturated carbocycles. The van der Waals surface area contributed by atoms with E-state index < -0.39 is 134 Å². The fraction of sp³-hybridized carbons (Fsp3) is 0.917. The fourth-order valence-corrected chi connectivity index (χ4v) is 15.0. The van der Waals surface area contributed by atoms with Crippen LogP contribution in [0.3, 0.4) is 0 Å². The first-order valence-electron chi connectivity index (χ1n) is 24.5. The number of fused-ring (bicyclic) bond motifs is 7. The second kappa shape index (κ2) is 18.5. The lowest BCUT2D eigenvalue weighted by Gasteiger charge is -2.71. The molecule has 0 aromatic heterocycles. The van der Waals surface area contributed by atoms with E-state index in [-0.39, 0.29) is 46.0 Å². The van der Waals surface area contributed by atoms with Gasteiger partial charge in [0.05, 0.1) is 31.3 Å². The normalized spacial score (nSPS) is 53.4. The molecule has 20 heteroatoms. The highest BCUT2D eigenvalue weighted by atomic mass is 16.8. The van der Waals surface area contributed by atoms with E-state index in [0.717, 1.165) is 12.8 Å². The lowest BCUT2D eigenvalue weighted by molar-refractivity contribution is -0.375. The maximum atomic E-state index is 14.7. The molecule has 12 N–H and O–H groups in total. The predicted octanol–water partition coefficient (Wildman–Crippen LogP) is -0.795. The van der Waals surface area contributed by atoms with Gasteiger partial charge in [-0.05, 0) is 104 Å². The first-order chi connectivity index (χ1) is 31.8. The molecular weight excluding hydrogens is 897 g/mol. The van der Waals surface area contributed by atoms with Crippen molar-refractivity contribution in [1.29, 1.82) is 0 Å². The number of esters is 1. The van der Waals surface area contributed by atoms with Gasteiger partial charge in [0.1, 0.15) is 67.1 Å². The van der Waals surface area contributed by atoms with Crippen LogP contribution in [0.25, 0.3) is 0 Å². The van der Waals surface area contributed by atoms with Gasteiger partial charge in [0.2, 0.25) is 6.29 Å². The highest BCUT2D eigenvalue weighted by Gasteiger charge is 2.71. The molecule has 0 radical (unpaired) electrons. The minimum Gasteiger partial charge on any atom is -0.479 e. The molecule has 5 aliphatic carbocycles. The molecule has 7 fully saturated rings. The van der Waals surface area contributed by atoms with Crippen molar-refractivity contribution in [2.24, 2.45) is 50.2 Å². The van der Waals surface area contributed by atoms with Crippen LogP contribution in [0.15, 0.2) is 11.6 Å². The number of carbonyl (C=O) groups excluding carboxylic acids is 1. The van der Waals surface area contributed by atoms with Gasteiger partial charge in [-0.1, -0.05) is 53.2 Å². The number of carboxylic acids is 1. The van der Waals surface area contributed by atoms with Crippen LogP contribution in [-0.2, 0) is 38.0 Å². The average molecular weight is 973 g/mol. The Bertz CT molecular complexity index is 1900. The Morgan fingerprint density at radius 2 is 1.25 bits per heavy atom. The summed E-state index contributed by atoms with van der Waals surface area (Å²) in [5.74, 6) is -2.40. The molecule has 388 valence electrons. The number of aliphatic carboxylic acids is 1. The summed E-state index contributed by atoms with van der Waals surface area (Å²) in [5, 5.41) is 127. The van der Waals surface area contributed by atoms with Gasteiger partial charge < -0.3 is 89.7 Å². The van der Waals surface area contributed by atoms with E-state index in [2.05, 4.69) is 40.7 Å². The van der Waals surface area contributed by atoms with E-state index in [4.69, 9.17) is 28.4 Å². The Balaban J connectivity index is 1.07. The molecule has 20 nitrogen and oxygen atoms in total. The Hall–Kier alpha value is -1.96. The van der Waals surface area contributed by atoms with Crippen molar-refractivity contribution in [3.63, 3.8) is 0 Å². The molecule has 0 aromatic carbocycles. The molecule has 0 amide bonds. The second-order valence-electron chi connectivity index (χ2n) is 23.3. The number of rotatable bonds is 10. The van der Waals surface area contributed by atoms with Crippen LogP contribution >= 0.6 is 0 Å². The van der Waals surface area contributed by atoms with Gasteiger partial charge in [-0.25, -0.2) is 4.79 Å². The van der Waals surface area contributed by atoms with Crippen molar-refractivity contribution in [1.82, 2.24) is 0 Å². The smallest absolute Gasteiger partial charge is 0.335 e. The van der Waals surface area contributed by atoms with Gasteiger partial charge in [0.25, 0.3) is 0 Å². The number of hydrogen-bond acceptors (Lipinski definition) is 19. The summed E-state index contributed by atoms with van der Waals surface area (Å²) >= 11 is 0. The molecule has 3 saturated heterocycles. The zero-order chi connectivity index (χ0) is 49.8. The highest BCUT2D eigenvalue weighted by Crippen LogP contribution is 2.76. The van der Waals surface area contributed by atoms with E-state index in [1.165, 1.54) is 5.57 Å². The summed E-state index contributed by atoms with van der Waals surface area (Å²) < 4.78 is 35.5. The number of aliphatic hydroxyl groups excluding tert-OH is 11. The van der Waals surface area contributed by atoms with Crippen LogP contribution < -0.4 is 0 Å². The lowest BCUT2D eigenvalue weighted by atomic mass is 9.33. The lowest BCUT2D eigenvalue weighted by Crippen LogP contribution is -2.68. The molecule has 1 unspecified atom stereocenters. The topological polar surface area (TPSA) is 332 Å². The summed E-state index contributed by atoms with van der Waals surface area (Å²) in [6.45, 7) is 11.5. The fourth-order valence-electron chi connectivity index (χ4n) is 15.0. The Morgan fingerprint density at radius 3 is 1.85 bits per heavy atom. The average Bonchev–Trinajstić information content (AvgIpc) is 3.29. The number of aliphatic hydroxyl groups is 11. The highest BCUT2D eigenvalue weighted by molar-refractivity contribution is 5.79. The zero-order valence-corrected chi connectivity index (χ0v) is 39.9. The van der Waals surface area contributed by atoms with Gasteiger partial charge in [0, 0.05) is 5.41 Å². The van der Waals surface area contributed by atoms with Crippen LogP contribution in [-0.4, -0.2) is 191 Å². The second-order valence-corrected chi connectivity index (χ2v) is 23.3. The molecule has 24 atom stereocenters. The van der Waals surface area contributed by atoms with E-state index in [0.29, 0.717) is 51.4 Å². The molecule has 8 rings (SSSR count). The Labute approximate surface area is 396 Å². The Kier molecular flexibility index (Phi) is 14.3. The summed E-state index contributed by atoms with van der Waals surface area (Å²) in [6.07, 6.45) is -18.1. The molecule has 8 aliphatic rings. The number of ether oxygens (including phenoxy) is 6. The van der Waals surface area contributed by atoms with Crippen molar-refractivity contribution in [2.75, 3.05) is 19.8 Å². The quantitative estimate of drug-likeness (QED) is 0.0725. The molecule has 3 aliphatic heterocycles. The van der Waals surface area contributed by atoms with Crippen LogP contribution in [0.5, 0.6) is 0 Å². The predicted molar refractivity (Wildman–Crippen MR) is 232 cm³/mol. The van der Waals surface area contributed by atoms with Crippen molar-refractivity contribution in [3.8, 4) is 0 Å². The summed E-state index contributed by atoms with van der Waals surface area (Å²) in [7, 11) is 0. The van der Waals surface area contributed by atoms with E-state index in [1.54, 1.807) is 0 Å². The standard InChI is InChI=1S/C48H76O20/c1-43(2)13-15-48(42(62)68-40-35(59)31(55)29(53)24(19-50)64-40)16-14-46(5)21(22(48)17-43)7-8-26-44(3)11-10-27(45(4,20-51)25(44)9-12-47(26,46)6)65-41-37(33(57)32(56)36(66-41)38(60)61)67-39-34(58)30(54)28(52)23(18-49)63-39/h7,22-37,39-41,49-59H,8-20H2,1-6H3,(H,60,61)/t22-,23+,24+,25?,26+,27-,28+,29+,30-,31-,32-,33-,34+,35+,36-,37+,39-,40-,41+,44-,45+,46+,47+,48-/m0/s1. The number of carboxylic acid groups (broad SMARTS) is 1. The van der Waals surface area contributed by atoms with Crippen molar-refractivity contribution in [2.45, 2.75) is 204 Å². The van der Waals surface area contributed by atoms with Crippen molar-refractivity contribution >= 4 is 11.9 Å². The molecule has 0 bridgehead atoms. The Morgan fingerprint density at radius 1 is 0.647 bits per heavy atom. The largest absolute Gasteiger partial charge is 0.479 e. The third-order valence-corrected chi connectivity index (χ3v) is 19.4. The maximum Gasteiger partial charge on any atom is 0.335 e. The molecule has 0 aromatic rings. The molecule has 0 spiro atoms. The monoisotopic (exact) mass is 972 g/mol. The number of hydrogen-bond donors (Lipinski definition) is 12. The van der Waals surface area contributed by atoms with Crippen LogP contribution in [0, 0.1) is 50.2 Å². The van der Waals surface area contributed by atoms with E-state index in [9.17, 15) is 70.9 Å². The molecular formula is C48H76O20. The van der Waals surface area contributed by atoms with Crippen LogP contribution in [0.2, 0.25) is 0 Å². The molecule has 3 heterocycles. The van der Waals surface area contributed by atoms with Crippen molar-refractivity contribution in [3.05, 3.63) is 11.6 Å². The maximum absolute atomic E-state index is 14.7. The van der Waals surface area contributed by atoms with Crippen LogP contribution in [0.4, 0.5) is 0 Å². The van der Waals surface area contributed by atoms with Gasteiger partial charge >= 0.3 is 11.9 Å². The minimum absolute atomic E-state index is 0.0982. The summed E-state index contributed by atoms with van der Waals surface area (Å²) in [6, 6.07) is 0. The molecule has 68 heavy (non-hydrogen) atoms.